The lowest BCUT2D eigenvalue weighted by molar-refractivity contribution is 0.102. The van der Waals surface area contributed by atoms with E-state index in [0.29, 0.717) is 16.8 Å². The van der Waals surface area contributed by atoms with Gasteiger partial charge in [0.15, 0.2) is 0 Å². The van der Waals surface area contributed by atoms with E-state index in [1.165, 1.54) is 26.0 Å². The third-order valence-electron chi connectivity index (χ3n) is 3.65. The number of rotatable bonds is 7. The predicted molar refractivity (Wildman–Crippen MR) is 96.7 cm³/mol. The standard InChI is InChI=1S/C18H21FN2O3S/c1-13(2)25(23,24)20-12-17(19)14-8-10-16(11-9-14)21-18(22)15-6-4-3-5-7-15/h3-11,13,17,20H,12H2,1-2H3,(H,21,22). The van der Waals surface area contributed by atoms with Gasteiger partial charge in [-0.25, -0.2) is 17.5 Å². The summed E-state index contributed by atoms with van der Waals surface area (Å²) in [4.78, 5) is 12.0. The van der Waals surface area contributed by atoms with Gasteiger partial charge in [0, 0.05) is 17.8 Å². The van der Waals surface area contributed by atoms with Gasteiger partial charge in [-0.15, -0.1) is 0 Å². The van der Waals surface area contributed by atoms with Gasteiger partial charge in [-0.2, -0.15) is 0 Å². The molecule has 0 bridgehead atoms. The molecule has 1 atom stereocenters. The van der Waals surface area contributed by atoms with Crippen LogP contribution in [0.25, 0.3) is 0 Å². The Labute approximate surface area is 147 Å². The van der Waals surface area contributed by atoms with E-state index in [1.807, 2.05) is 6.07 Å². The van der Waals surface area contributed by atoms with E-state index in [0.717, 1.165) is 0 Å². The number of hydrogen-bond acceptors (Lipinski definition) is 3. The Morgan fingerprint density at radius 1 is 1.04 bits per heavy atom. The summed E-state index contributed by atoms with van der Waals surface area (Å²) in [5.41, 5.74) is 1.40. The van der Waals surface area contributed by atoms with Crippen LogP contribution in [0.4, 0.5) is 10.1 Å². The zero-order valence-electron chi connectivity index (χ0n) is 14.1. The first kappa shape index (κ1) is 19.1. The number of amides is 1. The minimum absolute atomic E-state index is 0.255. The van der Waals surface area contributed by atoms with Crippen LogP contribution in [0.15, 0.2) is 54.6 Å². The molecule has 7 heteroatoms. The molecule has 25 heavy (non-hydrogen) atoms. The first-order chi connectivity index (χ1) is 11.8. The molecule has 134 valence electrons. The molecule has 0 fully saturated rings. The average Bonchev–Trinajstić information content (AvgIpc) is 2.61. The predicted octanol–water partition coefficient (Wildman–Crippen LogP) is 3.28. The van der Waals surface area contributed by atoms with Crippen molar-refractivity contribution in [3.05, 3.63) is 65.7 Å². The minimum Gasteiger partial charge on any atom is -0.322 e. The van der Waals surface area contributed by atoms with E-state index in [1.54, 1.807) is 36.4 Å². The smallest absolute Gasteiger partial charge is 0.255 e. The monoisotopic (exact) mass is 364 g/mol. The summed E-state index contributed by atoms with van der Waals surface area (Å²) in [6.45, 7) is 2.73. The Morgan fingerprint density at radius 2 is 1.64 bits per heavy atom. The second kappa shape index (κ2) is 8.22. The van der Waals surface area contributed by atoms with E-state index >= 15 is 0 Å². The van der Waals surface area contributed by atoms with Gasteiger partial charge in [0.25, 0.3) is 5.91 Å². The van der Waals surface area contributed by atoms with Crippen molar-refractivity contribution in [1.82, 2.24) is 4.72 Å². The second-order valence-electron chi connectivity index (χ2n) is 5.85. The SMILES string of the molecule is CC(C)S(=O)(=O)NCC(F)c1ccc(NC(=O)c2ccccc2)cc1. The van der Waals surface area contributed by atoms with Crippen LogP contribution < -0.4 is 10.0 Å². The number of nitrogens with one attached hydrogen (secondary N) is 2. The van der Waals surface area contributed by atoms with Gasteiger partial charge < -0.3 is 5.32 Å². The molecule has 0 aliphatic heterocycles. The van der Waals surface area contributed by atoms with Gasteiger partial charge in [0.2, 0.25) is 10.0 Å². The maximum absolute atomic E-state index is 14.2. The molecule has 0 spiro atoms. The van der Waals surface area contributed by atoms with E-state index < -0.39 is 21.4 Å². The number of carbonyl (C=O) groups excluding carboxylic acids is 1. The zero-order valence-corrected chi connectivity index (χ0v) is 14.9. The lowest BCUT2D eigenvalue weighted by Crippen LogP contribution is -2.33. The molecule has 0 radical (unpaired) electrons. The van der Waals surface area contributed by atoms with Crippen molar-refractivity contribution < 1.29 is 17.6 Å². The Hall–Kier alpha value is -2.25. The highest BCUT2D eigenvalue weighted by Gasteiger charge is 2.18. The topological polar surface area (TPSA) is 75.3 Å². The fourth-order valence-electron chi connectivity index (χ4n) is 2.04. The molecule has 1 amide bonds. The summed E-state index contributed by atoms with van der Waals surface area (Å²) < 4.78 is 39.7. The lowest BCUT2D eigenvalue weighted by Gasteiger charge is -2.13. The number of halogens is 1. The summed E-state index contributed by atoms with van der Waals surface area (Å²) in [6.07, 6.45) is -1.47. The Bertz CT molecular complexity index is 806. The highest BCUT2D eigenvalue weighted by atomic mass is 32.2. The molecular formula is C18H21FN2O3S. The number of hydrogen-bond donors (Lipinski definition) is 2. The number of carbonyl (C=O) groups is 1. The molecule has 2 rings (SSSR count). The number of benzene rings is 2. The summed E-state index contributed by atoms with van der Waals surface area (Å²) in [7, 11) is -3.50. The van der Waals surface area contributed by atoms with E-state index in [-0.39, 0.29) is 12.5 Å². The fourth-order valence-corrected chi connectivity index (χ4v) is 2.75. The highest BCUT2D eigenvalue weighted by Crippen LogP contribution is 2.20. The molecule has 0 aliphatic carbocycles. The zero-order chi connectivity index (χ0) is 18.4. The van der Waals surface area contributed by atoms with Crippen LogP contribution in [0.2, 0.25) is 0 Å². The summed E-state index contributed by atoms with van der Waals surface area (Å²) in [5, 5.41) is 2.11. The molecule has 0 aliphatic rings. The number of sulfonamides is 1. The minimum atomic E-state index is -3.50. The van der Waals surface area contributed by atoms with Crippen molar-refractivity contribution in [1.29, 1.82) is 0 Å². The summed E-state index contributed by atoms with van der Waals surface area (Å²) in [6, 6.07) is 15.0. The molecule has 0 saturated heterocycles. The fraction of sp³-hybridized carbons (Fsp3) is 0.278. The van der Waals surface area contributed by atoms with Crippen LogP contribution in [0.5, 0.6) is 0 Å². The van der Waals surface area contributed by atoms with Crippen molar-refractivity contribution in [2.45, 2.75) is 25.3 Å². The molecule has 2 N–H and O–H groups in total. The van der Waals surface area contributed by atoms with E-state index in [4.69, 9.17) is 0 Å². The van der Waals surface area contributed by atoms with E-state index in [9.17, 15) is 17.6 Å². The molecule has 2 aromatic rings. The van der Waals surface area contributed by atoms with Crippen molar-refractivity contribution in [2.24, 2.45) is 0 Å². The molecule has 0 saturated carbocycles. The van der Waals surface area contributed by atoms with E-state index in [2.05, 4.69) is 10.0 Å². The van der Waals surface area contributed by atoms with Gasteiger partial charge in [-0.3, -0.25) is 4.79 Å². The summed E-state index contributed by atoms with van der Waals surface area (Å²) >= 11 is 0. The average molecular weight is 364 g/mol. The van der Waals surface area contributed by atoms with Crippen LogP contribution >= 0.6 is 0 Å². The maximum Gasteiger partial charge on any atom is 0.255 e. The normalized spacial score (nSPS) is 12.8. The Kier molecular flexibility index (Phi) is 6.27. The molecule has 0 heterocycles. The van der Waals surface area contributed by atoms with Gasteiger partial charge >= 0.3 is 0 Å². The molecule has 0 aromatic heterocycles. The third kappa shape index (κ3) is 5.37. The third-order valence-corrected chi connectivity index (χ3v) is 5.46. The molecule has 5 nitrogen and oxygen atoms in total. The summed E-state index contributed by atoms with van der Waals surface area (Å²) in [5.74, 6) is -0.255. The van der Waals surface area contributed by atoms with Crippen LogP contribution in [-0.2, 0) is 10.0 Å². The molecule has 2 aromatic carbocycles. The number of alkyl halides is 1. The first-order valence-electron chi connectivity index (χ1n) is 7.88. The van der Waals surface area contributed by atoms with Crippen molar-refractivity contribution >= 4 is 21.6 Å². The van der Waals surface area contributed by atoms with Crippen molar-refractivity contribution in [2.75, 3.05) is 11.9 Å². The van der Waals surface area contributed by atoms with Crippen LogP contribution in [0.1, 0.15) is 35.9 Å². The van der Waals surface area contributed by atoms with Crippen molar-refractivity contribution in [3.63, 3.8) is 0 Å². The first-order valence-corrected chi connectivity index (χ1v) is 9.43. The lowest BCUT2D eigenvalue weighted by atomic mass is 10.1. The number of anilines is 1. The second-order valence-corrected chi connectivity index (χ2v) is 8.17. The maximum atomic E-state index is 14.2. The van der Waals surface area contributed by atoms with Crippen molar-refractivity contribution in [3.8, 4) is 0 Å². The van der Waals surface area contributed by atoms with Gasteiger partial charge in [-0.05, 0) is 43.7 Å². The highest BCUT2D eigenvalue weighted by molar-refractivity contribution is 7.90. The quantitative estimate of drug-likeness (QED) is 0.792. The Morgan fingerprint density at radius 3 is 2.20 bits per heavy atom. The van der Waals surface area contributed by atoms with Gasteiger partial charge in [0.05, 0.1) is 5.25 Å². The molecular weight excluding hydrogens is 343 g/mol. The van der Waals surface area contributed by atoms with Crippen LogP contribution in [-0.4, -0.2) is 26.1 Å². The van der Waals surface area contributed by atoms with Gasteiger partial charge in [-0.1, -0.05) is 30.3 Å². The van der Waals surface area contributed by atoms with Crippen LogP contribution in [0.3, 0.4) is 0 Å². The van der Waals surface area contributed by atoms with Gasteiger partial charge in [0.1, 0.15) is 6.17 Å². The largest absolute Gasteiger partial charge is 0.322 e. The van der Waals surface area contributed by atoms with Crippen LogP contribution in [0, 0.1) is 0 Å². The molecule has 1 unspecified atom stereocenters. The Balaban J connectivity index is 1.96.